The molecule has 1 aromatic heterocycles. The summed E-state index contributed by atoms with van der Waals surface area (Å²) in [5, 5.41) is 6.11. The Kier molecular flexibility index (Phi) is 7.22. The van der Waals surface area contributed by atoms with Crippen LogP contribution in [0.5, 0.6) is 0 Å². The minimum Gasteiger partial charge on any atom is -0.372 e. The molecule has 1 fully saturated rings. The largest absolute Gasteiger partial charge is 0.372 e. The summed E-state index contributed by atoms with van der Waals surface area (Å²) in [5.74, 6) is -0.0914. The number of nitrogens with zero attached hydrogens (tertiary/aromatic N) is 2. The van der Waals surface area contributed by atoms with E-state index in [2.05, 4.69) is 36.4 Å². The molecule has 3 aromatic rings. The molecule has 1 amide bonds. The minimum absolute atomic E-state index is 0.0914. The van der Waals surface area contributed by atoms with Crippen molar-refractivity contribution in [1.29, 1.82) is 0 Å². The summed E-state index contributed by atoms with van der Waals surface area (Å²) in [6.07, 6.45) is 3.82. The molecule has 0 spiro atoms. The van der Waals surface area contributed by atoms with Gasteiger partial charge in [0.25, 0.3) is 5.91 Å². The number of ether oxygens (including phenoxy) is 1. The Morgan fingerprint density at radius 1 is 1.09 bits per heavy atom. The highest BCUT2D eigenvalue weighted by atomic mass is 32.1. The van der Waals surface area contributed by atoms with E-state index in [9.17, 15) is 4.79 Å². The predicted molar refractivity (Wildman–Crippen MR) is 133 cm³/mol. The van der Waals surface area contributed by atoms with Gasteiger partial charge in [-0.3, -0.25) is 4.79 Å². The topological polar surface area (TPSA) is 54.5 Å². The van der Waals surface area contributed by atoms with Crippen LogP contribution in [0, 0.1) is 0 Å². The number of aromatic nitrogens is 1. The second-order valence-electron chi connectivity index (χ2n) is 8.51. The van der Waals surface area contributed by atoms with Crippen LogP contribution in [0.4, 0.5) is 10.8 Å². The van der Waals surface area contributed by atoms with Crippen molar-refractivity contribution in [1.82, 2.24) is 4.98 Å². The molecular formula is C26H31N3O2S. The lowest BCUT2D eigenvalue weighted by Gasteiger charge is -2.35. The van der Waals surface area contributed by atoms with Crippen LogP contribution in [0.2, 0.25) is 0 Å². The van der Waals surface area contributed by atoms with E-state index >= 15 is 0 Å². The van der Waals surface area contributed by atoms with Crippen molar-refractivity contribution in [3.05, 3.63) is 65.0 Å². The van der Waals surface area contributed by atoms with Gasteiger partial charge in [-0.05, 0) is 56.5 Å². The van der Waals surface area contributed by atoms with Crippen molar-refractivity contribution in [2.75, 3.05) is 23.3 Å². The van der Waals surface area contributed by atoms with Gasteiger partial charge in [0.2, 0.25) is 0 Å². The van der Waals surface area contributed by atoms with Crippen molar-refractivity contribution < 1.29 is 9.53 Å². The van der Waals surface area contributed by atoms with Crippen LogP contribution >= 0.6 is 11.3 Å². The number of aryl methyl sites for hydroxylation is 1. The molecule has 0 radical (unpaired) electrons. The van der Waals surface area contributed by atoms with Gasteiger partial charge in [-0.2, -0.15) is 0 Å². The van der Waals surface area contributed by atoms with Crippen molar-refractivity contribution in [3.63, 3.8) is 0 Å². The first-order chi connectivity index (χ1) is 15.5. The van der Waals surface area contributed by atoms with E-state index < -0.39 is 0 Å². The lowest BCUT2D eigenvalue weighted by molar-refractivity contribution is -0.00522. The number of thiazole rings is 1. The first kappa shape index (κ1) is 22.5. The number of hydrogen-bond donors (Lipinski definition) is 1. The molecule has 4 rings (SSSR count). The molecule has 168 valence electrons. The van der Waals surface area contributed by atoms with Gasteiger partial charge in [-0.1, -0.05) is 37.6 Å². The number of hydrogen-bond acceptors (Lipinski definition) is 5. The van der Waals surface area contributed by atoms with E-state index in [0.717, 1.165) is 41.6 Å². The van der Waals surface area contributed by atoms with Gasteiger partial charge in [0, 0.05) is 35.3 Å². The molecule has 1 N–H and O–H groups in total. The summed E-state index contributed by atoms with van der Waals surface area (Å²) in [6, 6.07) is 15.8. The molecule has 2 atom stereocenters. The molecular weight excluding hydrogens is 418 g/mol. The molecule has 2 aromatic carbocycles. The Labute approximate surface area is 194 Å². The number of nitrogens with one attached hydrogen (secondary N) is 1. The summed E-state index contributed by atoms with van der Waals surface area (Å²) >= 11 is 1.66. The van der Waals surface area contributed by atoms with E-state index in [-0.39, 0.29) is 18.1 Å². The van der Waals surface area contributed by atoms with Crippen LogP contribution in [0.3, 0.4) is 0 Å². The highest BCUT2D eigenvalue weighted by Crippen LogP contribution is 2.30. The Hall–Kier alpha value is -2.70. The number of amides is 1. The van der Waals surface area contributed by atoms with Crippen LogP contribution in [-0.2, 0) is 11.2 Å². The third-order valence-electron chi connectivity index (χ3n) is 5.66. The highest BCUT2D eigenvalue weighted by molar-refractivity contribution is 7.14. The molecule has 0 saturated carbocycles. The Morgan fingerprint density at radius 3 is 2.44 bits per heavy atom. The van der Waals surface area contributed by atoms with Gasteiger partial charge >= 0.3 is 0 Å². The fourth-order valence-electron chi connectivity index (χ4n) is 4.01. The molecule has 32 heavy (non-hydrogen) atoms. The zero-order chi connectivity index (χ0) is 22.5. The lowest BCUT2D eigenvalue weighted by Crippen LogP contribution is -2.45. The van der Waals surface area contributed by atoms with Crippen LogP contribution in [-0.4, -0.2) is 36.2 Å². The van der Waals surface area contributed by atoms with E-state index in [0.29, 0.717) is 5.56 Å². The summed E-state index contributed by atoms with van der Waals surface area (Å²) in [4.78, 5) is 19.7. The molecule has 6 heteroatoms. The molecule has 5 nitrogen and oxygen atoms in total. The highest BCUT2D eigenvalue weighted by Gasteiger charge is 2.24. The number of anilines is 2. The maximum Gasteiger partial charge on any atom is 0.255 e. The Balaban J connectivity index is 1.38. The fourth-order valence-corrected chi connectivity index (χ4v) is 4.86. The summed E-state index contributed by atoms with van der Waals surface area (Å²) in [5.41, 5.74) is 4.72. The average Bonchev–Trinajstić information content (AvgIpc) is 3.28. The van der Waals surface area contributed by atoms with E-state index in [1.807, 2.05) is 48.5 Å². The lowest BCUT2D eigenvalue weighted by atomic mass is 10.1. The smallest absolute Gasteiger partial charge is 0.255 e. The maximum atomic E-state index is 12.6. The maximum absolute atomic E-state index is 12.6. The normalized spacial score (nSPS) is 18.5. The summed E-state index contributed by atoms with van der Waals surface area (Å²) < 4.78 is 5.83. The van der Waals surface area contributed by atoms with Gasteiger partial charge in [0.1, 0.15) is 0 Å². The third kappa shape index (κ3) is 5.56. The van der Waals surface area contributed by atoms with Crippen LogP contribution in [0.15, 0.2) is 53.9 Å². The van der Waals surface area contributed by atoms with Crippen molar-refractivity contribution >= 4 is 28.1 Å². The SMILES string of the molecule is CCCCc1ccc(C(=O)Nc2ccc(-c3csc(N4CC(C)OC(C)C4)n3)cc2)cc1. The molecule has 0 aliphatic carbocycles. The van der Waals surface area contributed by atoms with Crippen LogP contribution < -0.4 is 10.2 Å². The fraction of sp³-hybridized carbons (Fsp3) is 0.385. The summed E-state index contributed by atoms with van der Waals surface area (Å²) in [7, 11) is 0. The molecule has 1 saturated heterocycles. The minimum atomic E-state index is -0.0914. The zero-order valence-electron chi connectivity index (χ0n) is 19.0. The van der Waals surface area contributed by atoms with Gasteiger partial charge in [0.15, 0.2) is 5.13 Å². The molecule has 0 bridgehead atoms. The molecule has 2 heterocycles. The van der Waals surface area contributed by atoms with Crippen molar-refractivity contribution in [2.24, 2.45) is 0 Å². The Bertz CT molecular complexity index is 1020. The predicted octanol–water partition coefficient (Wildman–Crippen LogP) is 6.02. The van der Waals surface area contributed by atoms with E-state index in [4.69, 9.17) is 9.72 Å². The average molecular weight is 450 g/mol. The molecule has 2 unspecified atom stereocenters. The van der Waals surface area contributed by atoms with Gasteiger partial charge in [-0.25, -0.2) is 4.98 Å². The van der Waals surface area contributed by atoms with Gasteiger partial charge < -0.3 is 15.0 Å². The summed E-state index contributed by atoms with van der Waals surface area (Å²) in [6.45, 7) is 8.12. The van der Waals surface area contributed by atoms with E-state index in [1.165, 1.54) is 18.4 Å². The first-order valence-corrected chi connectivity index (χ1v) is 12.3. The number of carbonyl (C=O) groups excluding carboxylic acids is 1. The second-order valence-corrected chi connectivity index (χ2v) is 9.35. The number of benzene rings is 2. The van der Waals surface area contributed by atoms with Gasteiger partial charge in [0.05, 0.1) is 17.9 Å². The monoisotopic (exact) mass is 449 g/mol. The molecule has 1 aliphatic heterocycles. The first-order valence-electron chi connectivity index (χ1n) is 11.4. The van der Waals surface area contributed by atoms with Crippen LogP contribution in [0.1, 0.15) is 49.5 Å². The number of rotatable bonds is 7. The zero-order valence-corrected chi connectivity index (χ0v) is 19.8. The standard InChI is InChI=1S/C26H31N3O2S/c1-4-5-6-20-7-9-22(10-8-20)25(30)27-23-13-11-21(12-14-23)24-17-32-26(28-24)29-15-18(2)31-19(3)16-29/h7-14,17-19H,4-6,15-16H2,1-3H3,(H,27,30). The van der Waals surface area contributed by atoms with E-state index in [1.54, 1.807) is 11.3 Å². The second kappa shape index (κ2) is 10.3. The number of unbranched alkanes of at least 4 members (excludes halogenated alkanes) is 1. The quantitative estimate of drug-likeness (QED) is 0.479. The third-order valence-corrected chi connectivity index (χ3v) is 6.56. The van der Waals surface area contributed by atoms with Crippen molar-refractivity contribution in [2.45, 2.75) is 52.2 Å². The number of carbonyl (C=O) groups is 1. The number of morpholine rings is 1. The Morgan fingerprint density at radius 2 is 1.78 bits per heavy atom. The molecule has 1 aliphatic rings. The van der Waals surface area contributed by atoms with Gasteiger partial charge in [-0.15, -0.1) is 11.3 Å². The van der Waals surface area contributed by atoms with Crippen molar-refractivity contribution in [3.8, 4) is 11.3 Å². The van der Waals surface area contributed by atoms with Crippen LogP contribution in [0.25, 0.3) is 11.3 Å².